The first-order valence-electron chi connectivity index (χ1n) is 25.9. The molecule has 1 atom stereocenters. The zero-order valence-corrected chi connectivity index (χ0v) is 40.6. The van der Waals surface area contributed by atoms with E-state index < -0.39 is 6.10 Å². The van der Waals surface area contributed by atoms with E-state index in [2.05, 4.69) is 93.7 Å². The first kappa shape index (κ1) is 58.9. The monoisotopic (exact) mass is 865 g/mol. The Morgan fingerprint density at radius 2 is 0.645 bits per heavy atom. The van der Waals surface area contributed by atoms with Crippen molar-refractivity contribution in [2.75, 3.05) is 13.2 Å². The minimum Gasteiger partial charge on any atom is -0.462 e. The summed E-state index contributed by atoms with van der Waals surface area (Å²) in [6, 6.07) is 0. The second-order valence-corrected chi connectivity index (χ2v) is 17.0. The van der Waals surface area contributed by atoms with E-state index in [0.717, 1.165) is 109 Å². The SMILES string of the molecule is CC/C=C\C/C=C\C/C=C\C/C=C\CCCCCCCCC(=O)OCC(COC(=O)CCCCCC/C=C\CCCC)OC(=O)CCCCCCCCC/C=C\CCCCCC. The van der Waals surface area contributed by atoms with E-state index in [-0.39, 0.29) is 31.1 Å². The van der Waals surface area contributed by atoms with Crippen LogP contribution in [0.5, 0.6) is 0 Å². The van der Waals surface area contributed by atoms with E-state index in [1.54, 1.807) is 0 Å². The highest BCUT2D eigenvalue weighted by molar-refractivity contribution is 5.71. The van der Waals surface area contributed by atoms with Crippen LogP contribution < -0.4 is 0 Å². The van der Waals surface area contributed by atoms with Crippen molar-refractivity contribution in [1.82, 2.24) is 0 Å². The predicted molar refractivity (Wildman–Crippen MR) is 265 cm³/mol. The summed E-state index contributed by atoms with van der Waals surface area (Å²) in [5.74, 6) is -0.918. The molecule has 0 N–H and O–H groups in total. The van der Waals surface area contributed by atoms with Gasteiger partial charge in [0.2, 0.25) is 0 Å². The molecule has 0 aliphatic heterocycles. The van der Waals surface area contributed by atoms with E-state index in [1.165, 1.54) is 96.3 Å². The molecule has 0 radical (unpaired) electrons. The summed E-state index contributed by atoms with van der Waals surface area (Å²) in [4.78, 5) is 37.9. The molecule has 0 aromatic heterocycles. The molecule has 0 saturated carbocycles. The number of rotatable bonds is 46. The number of hydrogen-bond acceptors (Lipinski definition) is 6. The zero-order valence-electron chi connectivity index (χ0n) is 40.6. The maximum Gasteiger partial charge on any atom is 0.306 e. The molecular weight excluding hydrogens is 769 g/mol. The number of hydrogen-bond donors (Lipinski definition) is 0. The lowest BCUT2D eigenvalue weighted by molar-refractivity contribution is -0.167. The second kappa shape index (κ2) is 50.5. The van der Waals surface area contributed by atoms with Gasteiger partial charge in [-0.05, 0) is 103 Å². The van der Waals surface area contributed by atoms with Crippen LogP contribution in [0.1, 0.15) is 245 Å². The molecule has 0 bridgehead atoms. The number of allylic oxidation sites excluding steroid dienone is 12. The van der Waals surface area contributed by atoms with Crippen molar-refractivity contribution in [1.29, 1.82) is 0 Å². The Morgan fingerprint density at radius 3 is 1.05 bits per heavy atom. The van der Waals surface area contributed by atoms with Crippen LogP contribution >= 0.6 is 0 Å². The number of carbonyl (C=O) groups excluding carboxylic acids is 3. The van der Waals surface area contributed by atoms with Gasteiger partial charge in [-0.3, -0.25) is 14.4 Å². The topological polar surface area (TPSA) is 78.9 Å². The van der Waals surface area contributed by atoms with Gasteiger partial charge in [-0.15, -0.1) is 0 Å². The lowest BCUT2D eigenvalue weighted by Gasteiger charge is -2.18. The summed E-state index contributed by atoms with van der Waals surface area (Å²) in [6.07, 6.45) is 63.1. The molecule has 0 saturated heterocycles. The van der Waals surface area contributed by atoms with Gasteiger partial charge in [-0.1, -0.05) is 196 Å². The Morgan fingerprint density at radius 1 is 0.339 bits per heavy atom. The van der Waals surface area contributed by atoms with Crippen LogP contribution in [0.4, 0.5) is 0 Å². The smallest absolute Gasteiger partial charge is 0.306 e. The molecule has 356 valence electrons. The summed E-state index contributed by atoms with van der Waals surface area (Å²) in [5.41, 5.74) is 0. The number of ether oxygens (including phenoxy) is 3. The van der Waals surface area contributed by atoms with Gasteiger partial charge in [-0.2, -0.15) is 0 Å². The van der Waals surface area contributed by atoms with Gasteiger partial charge in [0.1, 0.15) is 13.2 Å². The van der Waals surface area contributed by atoms with E-state index in [4.69, 9.17) is 14.2 Å². The molecule has 1 unspecified atom stereocenters. The maximum atomic E-state index is 12.8. The van der Waals surface area contributed by atoms with Crippen molar-refractivity contribution in [2.24, 2.45) is 0 Å². The van der Waals surface area contributed by atoms with E-state index in [9.17, 15) is 14.4 Å². The van der Waals surface area contributed by atoms with Crippen LogP contribution in [0.3, 0.4) is 0 Å². The quantitative estimate of drug-likeness (QED) is 0.0262. The van der Waals surface area contributed by atoms with Gasteiger partial charge in [0, 0.05) is 19.3 Å². The van der Waals surface area contributed by atoms with E-state index >= 15 is 0 Å². The Balaban J connectivity index is 4.37. The average Bonchev–Trinajstić information content (AvgIpc) is 3.27. The molecule has 0 rings (SSSR count). The van der Waals surface area contributed by atoms with Crippen molar-refractivity contribution in [3.05, 3.63) is 72.9 Å². The lowest BCUT2D eigenvalue weighted by Crippen LogP contribution is -2.30. The fraction of sp³-hybridized carbons (Fsp3) is 0.732. The minimum atomic E-state index is -0.787. The van der Waals surface area contributed by atoms with Crippen LogP contribution in [-0.4, -0.2) is 37.2 Å². The standard InChI is InChI=1S/C56H96O6/c1-4-7-10-13-16-19-22-24-26-27-28-29-31-32-34-37-40-43-46-49-55(58)61-52-53(51-60-54(57)48-45-42-39-36-21-18-15-12-9-6-3)62-56(59)50-47-44-41-38-35-33-30-25-23-20-17-14-11-8-5-2/h7,10,15-16,18-20,23-24,26,28-29,53H,4-6,8-9,11-14,17,21-22,25,27,30-52H2,1-3H3/b10-7-,18-15-,19-16-,23-20-,26-24-,29-28-. The van der Waals surface area contributed by atoms with E-state index in [1.807, 2.05) is 0 Å². The fourth-order valence-corrected chi connectivity index (χ4v) is 7.00. The molecule has 6 nitrogen and oxygen atoms in total. The Labute approximate surface area is 382 Å². The van der Waals surface area contributed by atoms with Gasteiger partial charge in [-0.25, -0.2) is 0 Å². The number of carbonyl (C=O) groups is 3. The molecule has 0 aliphatic rings. The molecule has 0 spiro atoms. The van der Waals surface area contributed by atoms with Crippen LogP contribution in [-0.2, 0) is 28.6 Å². The highest BCUT2D eigenvalue weighted by Crippen LogP contribution is 2.14. The summed E-state index contributed by atoms with van der Waals surface area (Å²) in [5, 5.41) is 0. The normalized spacial score (nSPS) is 12.6. The van der Waals surface area contributed by atoms with E-state index in [0.29, 0.717) is 19.3 Å². The van der Waals surface area contributed by atoms with Crippen molar-refractivity contribution >= 4 is 17.9 Å². The molecule has 0 amide bonds. The molecule has 0 aliphatic carbocycles. The molecular formula is C56H96O6. The minimum absolute atomic E-state index is 0.0879. The summed E-state index contributed by atoms with van der Waals surface area (Å²) >= 11 is 0. The fourth-order valence-electron chi connectivity index (χ4n) is 7.00. The van der Waals surface area contributed by atoms with Gasteiger partial charge in [0.15, 0.2) is 6.10 Å². The number of unbranched alkanes of at least 4 members (excludes halogenated alkanes) is 23. The van der Waals surface area contributed by atoms with Crippen molar-refractivity contribution in [3.8, 4) is 0 Å². The van der Waals surface area contributed by atoms with Crippen molar-refractivity contribution < 1.29 is 28.6 Å². The third-order valence-electron chi connectivity index (χ3n) is 10.9. The highest BCUT2D eigenvalue weighted by atomic mass is 16.6. The predicted octanol–water partition coefficient (Wildman–Crippen LogP) is 17.0. The van der Waals surface area contributed by atoms with Gasteiger partial charge < -0.3 is 14.2 Å². The molecule has 0 fully saturated rings. The van der Waals surface area contributed by atoms with Crippen LogP contribution in [0.2, 0.25) is 0 Å². The van der Waals surface area contributed by atoms with Crippen LogP contribution in [0.15, 0.2) is 72.9 Å². The molecule has 0 aromatic carbocycles. The highest BCUT2D eigenvalue weighted by Gasteiger charge is 2.19. The molecule has 0 heterocycles. The number of esters is 3. The lowest BCUT2D eigenvalue weighted by atomic mass is 10.1. The average molecular weight is 865 g/mol. The Bertz CT molecular complexity index is 1180. The van der Waals surface area contributed by atoms with Crippen molar-refractivity contribution in [2.45, 2.75) is 252 Å². The second-order valence-electron chi connectivity index (χ2n) is 17.0. The van der Waals surface area contributed by atoms with Crippen LogP contribution in [0, 0.1) is 0 Å². The first-order valence-corrected chi connectivity index (χ1v) is 25.9. The Hall–Kier alpha value is -3.15. The summed E-state index contributed by atoms with van der Waals surface area (Å²) in [6.45, 7) is 6.44. The third-order valence-corrected chi connectivity index (χ3v) is 10.9. The van der Waals surface area contributed by atoms with Gasteiger partial charge in [0.05, 0.1) is 0 Å². The molecule has 0 aromatic rings. The van der Waals surface area contributed by atoms with Gasteiger partial charge in [0.25, 0.3) is 0 Å². The summed E-state index contributed by atoms with van der Waals surface area (Å²) in [7, 11) is 0. The first-order chi connectivity index (χ1) is 30.5. The third kappa shape index (κ3) is 47.9. The summed E-state index contributed by atoms with van der Waals surface area (Å²) < 4.78 is 16.8. The largest absolute Gasteiger partial charge is 0.462 e. The molecule has 62 heavy (non-hydrogen) atoms. The zero-order chi connectivity index (χ0) is 45.1. The Kier molecular flexibility index (Phi) is 47.9. The van der Waals surface area contributed by atoms with Gasteiger partial charge >= 0.3 is 17.9 Å². The van der Waals surface area contributed by atoms with Crippen LogP contribution in [0.25, 0.3) is 0 Å². The molecule has 6 heteroatoms. The maximum absolute atomic E-state index is 12.8. The van der Waals surface area contributed by atoms with Crippen molar-refractivity contribution in [3.63, 3.8) is 0 Å².